The highest BCUT2D eigenvalue weighted by Gasteiger charge is 2.18. The van der Waals surface area contributed by atoms with Crippen molar-refractivity contribution in [3.8, 4) is 11.8 Å². The van der Waals surface area contributed by atoms with Crippen LogP contribution in [0.4, 0.5) is 0 Å². The van der Waals surface area contributed by atoms with Gasteiger partial charge < -0.3 is 4.74 Å². The number of hydrogen-bond acceptors (Lipinski definition) is 2. The first-order valence-electron chi connectivity index (χ1n) is 10.4. The van der Waals surface area contributed by atoms with E-state index in [0.717, 1.165) is 18.4 Å². The number of rotatable bonds is 6. The third kappa shape index (κ3) is 5.27. The van der Waals surface area contributed by atoms with Crippen LogP contribution < -0.4 is 0 Å². The smallest absolute Gasteiger partial charge is 0.339 e. The summed E-state index contributed by atoms with van der Waals surface area (Å²) in [5, 5.41) is 0. The minimum atomic E-state index is -0.337. The molecule has 2 heteroatoms. The molecule has 0 aliphatic heterocycles. The first-order valence-corrected chi connectivity index (χ1v) is 10.4. The van der Waals surface area contributed by atoms with Gasteiger partial charge in [0.2, 0.25) is 0 Å². The van der Waals surface area contributed by atoms with E-state index in [9.17, 15) is 4.79 Å². The summed E-state index contributed by atoms with van der Waals surface area (Å²) in [6, 6.07) is 28.0. The molecule has 0 aromatic heterocycles. The molecule has 1 fully saturated rings. The van der Waals surface area contributed by atoms with Crippen LogP contribution in [0.15, 0.2) is 97.1 Å². The van der Waals surface area contributed by atoms with Crippen LogP contribution >= 0.6 is 0 Å². The van der Waals surface area contributed by atoms with Crippen molar-refractivity contribution >= 4 is 5.97 Å². The summed E-state index contributed by atoms with van der Waals surface area (Å²) in [5.74, 6) is 6.62. The lowest BCUT2D eigenvalue weighted by Crippen LogP contribution is -2.07. The maximum Gasteiger partial charge on any atom is 0.339 e. The standard InChI is InChI=1S/C28H24O2/c29-28(27-15-8-7-14-25(27)20-19-22-17-18-22)30-21-9-16-26(23-10-3-1-4-11-23)24-12-5-2-6-13-24/h1-16,22,26H,17-18,21H2/b16-9+. The lowest BCUT2D eigenvalue weighted by atomic mass is 9.91. The van der Waals surface area contributed by atoms with Crippen LogP contribution in [-0.4, -0.2) is 12.6 Å². The highest BCUT2D eigenvalue weighted by Crippen LogP contribution is 2.28. The number of esters is 1. The predicted molar refractivity (Wildman–Crippen MR) is 120 cm³/mol. The molecule has 0 atom stereocenters. The second-order valence-corrected chi connectivity index (χ2v) is 7.41. The molecule has 1 aliphatic rings. The molecule has 0 spiro atoms. The summed E-state index contributed by atoms with van der Waals surface area (Å²) >= 11 is 0. The fourth-order valence-electron chi connectivity index (χ4n) is 3.31. The van der Waals surface area contributed by atoms with E-state index in [2.05, 4.69) is 42.2 Å². The number of carbonyl (C=O) groups is 1. The molecular weight excluding hydrogens is 368 g/mol. The topological polar surface area (TPSA) is 26.3 Å². The van der Waals surface area contributed by atoms with Gasteiger partial charge in [0, 0.05) is 17.4 Å². The third-order valence-electron chi connectivity index (χ3n) is 5.09. The fourth-order valence-corrected chi connectivity index (χ4v) is 3.31. The minimum Gasteiger partial charge on any atom is -0.458 e. The monoisotopic (exact) mass is 392 g/mol. The van der Waals surface area contributed by atoms with E-state index in [0.29, 0.717) is 11.5 Å². The second-order valence-electron chi connectivity index (χ2n) is 7.41. The van der Waals surface area contributed by atoms with E-state index in [1.165, 1.54) is 11.1 Å². The van der Waals surface area contributed by atoms with E-state index in [4.69, 9.17) is 4.74 Å². The Balaban J connectivity index is 1.44. The van der Waals surface area contributed by atoms with Crippen molar-refractivity contribution in [1.82, 2.24) is 0 Å². The van der Waals surface area contributed by atoms with Crippen molar-refractivity contribution in [3.63, 3.8) is 0 Å². The Morgan fingerprint density at radius 3 is 2.13 bits per heavy atom. The molecule has 0 saturated heterocycles. The van der Waals surface area contributed by atoms with Crippen molar-refractivity contribution in [1.29, 1.82) is 0 Å². The molecule has 4 rings (SSSR count). The molecule has 3 aromatic carbocycles. The largest absolute Gasteiger partial charge is 0.458 e. The van der Waals surface area contributed by atoms with Gasteiger partial charge in [-0.2, -0.15) is 0 Å². The quantitative estimate of drug-likeness (QED) is 0.292. The fraction of sp³-hybridized carbons (Fsp3) is 0.179. The highest BCUT2D eigenvalue weighted by atomic mass is 16.5. The Morgan fingerprint density at radius 1 is 0.900 bits per heavy atom. The maximum atomic E-state index is 12.6. The van der Waals surface area contributed by atoms with E-state index in [1.54, 1.807) is 6.07 Å². The summed E-state index contributed by atoms with van der Waals surface area (Å²) in [7, 11) is 0. The first-order chi connectivity index (χ1) is 14.8. The van der Waals surface area contributed by atoms with Gasteiger partial charge in [0.25, 0.3) is 0 Å². The average molecular weight is 392 g/mol. The van der Waals surface area contributed by atoms with Crippen molar-refractivity contribution in [3.05, 3.63) is 119 Å². The summed E-state index contributed by atoms with van der Waals surface area (Å²) in [6.07, 6.45) is 6.33. The molecule has 30 heavy (non-hydrogen) atoms. The molecule has 2 nitrogen and oxygen atoms in total. The van der Waals surface area contributed by atoms with Crippen LogP contribution in [0.2, 0.25) is 0 Å². The lowest BCUT2D eigenvalue weighted by molar-refractivity contribution is 0.0549. The van der Waals surface area contributed by atoms with Crippen LogP contribution in [0.5, 0.6) is 0 Å². The van der Waals surface area contributed by atoms with Gasteiger partial charge in [0.05, 0.1) is 5.56 Å². The molecular formula is C28H24O2. The number of hydrogen-bond donors (Lipinski definition) is 0. The maximum absolute atomic E-state index is 12.6. The Hall–Kier alpha value is -3.57. The van der Waals surface area contributed by atoms with Crippen molar-refractivity contribution in [2.75, 3.05) is 6.61 Å². The summed E-state index contributed by atoms with van der Waals surface area (Å²) < 4.78 is 5.52. The van der Waals surface area contributed by atoms with Gasteiger partial charge in [0.15, 0.2) is 0 Å². The summed E-state index contributed by atoms with van der Waals surface area (Å²) in [6.45, 7) is 0.222. The Kier molecular flexibility index (Phi) is 6.42. The van der Waals surface area contributed by atoms with Gasteiger partial charge in [-0.05, 0) is 36.1 Å². The average Bonchev–Trinajstić information content (AvgIpc) is 3.63. The van der Waals surface area contributed by atoms with Crippen LogP contribution in [0.3, 0.4) is 0 Å². The Bertz CT molecular complexity index is 1030. The molecule has 148 valence electrons. The van der Waals surface area contributed by atoms with Crippen molar-refractivity contribution in [2.24, 2.45) is 5.92 Å². The van der Waals surface area contributed by atoms with Crippen molar-refractivity contribution in [2.45, 2.75) is 18.8 Å². The lowest BCUT2D eigenvalue weighted by Gasteiger charge is -2.14. The van der Waals surface area contributed by atoms with Crippen LogP contribution in [0.25, 0.3) is 0 Å². The zero-order chi connectivity index (χ0) is 20.6. The van der Waals surface area contributed by atoms with Gasteiger partial charge in [-0.25, -0.2) is 4.79 Å². The SMILES string of the molecule is O=C(OC/C=C/C(c1ccccc1)c1ccccc1)c1ccccc1C#CC1CC1. The molecule has 3 aromatic rings. The van der Waals surface area contributed by atoms with Gasteiger partial charge in [-0.15, -0.1) is 0 Å². The zero-order valence-electron chi connectivity index (χ0n) is 16.8. The van der Waals surface area contributed by atoms with Crippen LogP contribution in [-0.2, 0) is 4.74 Å². The Morgan fingerprint density at radius 2 is 1.50 bits per heavy atom. The second kappa shape index (κ2) is 9.76. The van der Waals surface area contributed by atoms with Crippen LogP contribution in [0.1, 0.15) is 45.8 Å². The Labute approximate surface area is 178 Å². The molecule has 0 radical (unpaired) electrons. The van der Waals surface area contributed by atoms with Gasteiger partial charge in [-0.1, -0.05) is 96.8 Å². The zero-order valence-corrected chi connectivity index (χ0v) is 16.8. The van der Waals surface area contributed by atoms with E-state index >= 15 is 0 Å². The molecule has 0 heterocycles. The molecule has 0 amide bonds. The molecule has 1 aliphatic carbocycles. The van der Waals surface area contributed by atoms with Gasteiger partial charge in [-0.3, -0.25) is 0 Å². The van der Waals surface area contributed by atoms with E-state index in [-0.39, 0.29) is 18.5 Å². The highest BCUT2D eigenvalue weighted by molar-refractivity contribution is 5.92. The predicted octanol–water partition coefficient (Wildman–Crippen LogP) is 5.99. The molecule has 0 unspecified atom stereocenters. The first kappa shape index (κ1) is 19.7. The molecule has 0 N–H and O–H groups in total. The molecule has 1 saturated carbocycles. The van der Waals surface area contributed by atoms with E-state index in [1.807, 2.05) is 60.7 Å². The minimum absolute atomic E-state index is 0.114. The third-order valence-corrected chi connectivity index (χ3v) is 5.09. The number of carbonyl (C=O) groups excluding carboxylic acids is 1. The summed E-state index contributed by atoms with van der Waals surface area (Å²) in [4.78, 5) is 12.6. The van der Waals surface area contributed by atoms with Gasteiger partial charge in [0.1, 0.15) is 6.61 Å². The number of benzene rings is 3. The number of ether oxygens (including phenoxy) is 1. The normalized spacial score (nSPS) is 13.1. The van der Waals surface area contributed by atoms with Crippen LogP contribution in [0, 0.1) is 17.8 Å². The molecule has 0 bridgehead atoms. The number of allylic oxidation sites excluding steroid dienone is 1. The van der Waals surface area contributed by atoms with Gasteiger partial charge >= 0.3 is 5.97 Å². The van der Waals surface area contributed by atoms with E-state index < -0.39 is 0 Å². The summed E-state index contributed by atoms with van der Waals surface area (Å²) in [5.41, 5.74) is 3.67. The van der Waals surface area contributed by atoms with Crippen molar-refractivity contribution < 1.29 is 9.53 Å².